The molecule has 0 bridgehead atoms. The van der Waals surface area contributed by atoms with E-state index in [1.807, 2.05) is 0 Å². The van der Waals surface area contributed by atoms with Crippen LogP contribution in [-0.4, -0.2) is 28.9 Å². The van der Waals surface area contributed by atoms with E-state index in [2.05, 4.69) is 10.1 Å². The lowest BCUT2D eigenvalue weighted by Crippen LogP contribution is -2.29. The predicted octanol–water partition coefficient (Wildman–Crippen LogP) is 1.12. The molecule has 0 aliphatic carbocycles. The summed E-state index contributed by atoms with van der Waals surface area (Å²) in [5, 5.41) is 3.66. The Morgan fingerprint density at radius 1 is 1.35 bits per heavy atom. The van der Waals surface area contributed by atoms with Crippen LogP contribution in [0.5, 0.6) is 5.75 Å². The molecule has 0 unspecified atom stereocenters. The third kappa shape index (κ3) is 1.83. The maximum atomic E-state index is 12.0. The first-order valence-corrected chi connectivity index (χ1v) is 5.93. The Labute approximate surface area is 114 Å². The van der Waals surface area contributed by atoms with Crippen LogP contribution >= 0.6 is 0 Å². The number of anilines is 1. The summed E-state index contributed by atoms with van der Waals surface area (Å²) in [6.45, 7) is 1.76. The summed E-state index contributed by atoms with van der Waals surface area (Å²) < 4.78 is 10.0. The molecule has 0 spiro atoms. The summed E-state index contributed by atoms with van der Waals surface area (Å²) in [6.07, 6.45) is 0. The lowest BCUT2D eigenvalue weighted by atomic mass is 10.1. The third-order valence-corrected chi connectivity index (χ3v) is 3.04. The first kappa shape index (κ1) is 12.3. The van der Waals surface area contributed by atoms with Crippen LogP contribution in [0.2, 0.25) is 0 Å². The third-order valence-electron chi connectivity index (χ3n) is 3.04. The average Bonchev–Trinajstić information content (AvgIpc) is 2.96. The minimum atomic E-state index is -0.607. The number of ketones is 1. The molecule has 1 aliphatic heterocycles. The van der Waals surface area contributed by atoms with Gasteiger partial charge >= 0.3 is 0 Å². The zero-order chi connectivity index (χ0) is 14.3. The number of nitrogens with zero attached hydrogens (tertiary/aromatic N) is 3. The molecule has 3 rings (SSSR count). The molecule has 20 heavy (non-hydrogen) atoms. The minimum absolute atomic E-state index is 0.0741. The molecule has 1 aliphatic rings. The van der Waals surface area contributed by atoms with Gasteiger partial charge in [-0.15, -0.1) is 0 Å². The van der Waals surface area contributed by atoms with E-state index in [1.165, 1.54) is 12.0 Å². The van der Waals surface area contributed by atoms with Gasteiger partial charge in [-0.2, -0.15) is 4.98 Å². The number of ether oxygens (including phenoxy) is 1. The van der Waals surface area contributed by atoms with Crippen LogP contribution < -0.4 is 9.64 Å². The van der Waals surface area contributed by atoms with Gasteiger partial charge in [-0.3, -0.25) is 14.5 Å². The second-order valence-electron chi connectivity index (χ2n) is 4.34. The van der Waals surface area contributed by atoms with E-state index in [1.54, 1.807) is 25.1 Å². The van der Waals surface area contributed by atoms with Crippen molar-refractivity contribution in [2.75, 3.05) is 12.0 Å². The second-order valence-corrected chi connectivity index (χ2v) is 4.34. The molecule has 7 heteroatoms. The van der Waals surface area contributed by atoms with Crippen LogP contribution in [0.4, 0.5) is 5.69 Å². The number of benzene rings is 1. The number of carbonyl (C=O) groups is 2. The molecule has 0 saturated heterocycles. The van der Waals surface area contributed by atoms with Gasteiger partial charge in [0.1, 0.15) is 12.3 Å². The molecular weight excluding hydrogens is 262 g/mol. The van der Waals surface area contributed by atoms with Crippen LogP contribution in [0.3, 0.4) is 0 Å². The highest BCUT2D eigenvalue weighted by Gasteiger charge is 2.37. The molecule has 0 N–H and O–H groups in total. The van der Waals surface area contributed by atoms with Gasteiger partial charge < -0.3 is 9.26 Å². The first-order chi connectivity index (χ1) is 9.60. The van der Waals surface area contributed by atoms with Gasteiger partial charge in [-0.1, -0.05) is 5.16 Å². The van der Waals surface area contributed by atoms with E-state index < -0.39 is 11.7 Å². The summed E-state index contributed by atoms with van der Waals surface area (Å²) >= 11 is 0. The molecule has 0 atom stereocenters. The van der Waals surface area contributed by atoms with E-state index in [-0.39, 0.29) is 12.4 Å². The average molecular weight is 273 g/mol. The van der Waals surface area contributed by atoms with Gasteiger partial charge in [-0.25, -0.2) is 0 Å². The molecule has 2 heterocycles. The Kier molecular flexibility index (Phi) is 2.74. The smallest absolute Gasteiger partial charge is 0.299 e. The van der Waals surface area contributed by atoms with Crippen molar-refractivity contribution >= 4 is 17.4 Å². The molecule has 0 fully saturated rings. The summed E-state index contributed by atoms with van der Waals surface area (Å²) in [7, 11) is 1.50. The number of hydrogen-bond donors (Lipinski definition) is 0. The van der Waals surface area contributed by atoms with Crippen LogP contribution in [0.1, 0.15) is 22.1 Å². The Balaban J connectivity index is 1.98. The lowest BCUT2D eigenvalue weighted by Gasteiger charge is -2.13. The summed E-state index contributed by atoms with van der Waals surface area (Å²) in [4.78, 5) is 29.3. The van der Waals surface area contributed by atoms with Gasteiger partial charge in [0.2, 0.25) is 5.89 Å². The molecule has 1 aromatic heterocycles. The van der Waals surface area contributed by atoms with E-state index in [0.717, 1.165) is 0 Å². The van der Waals surface area contributed by atoms with Crippen LogP contribution in [0.15, 0.2) is 22.7 Å². The first-order valence-electron chi connectivity index (χ1n) is 5.93. The van der Waals surface area contributed by atoms with Crippen molar-refractivity contribution in [2.24, 2.45) is 0 Å². The number of aromatic nitrogens is 2. The number of carbonyl (C=O) groups excluding carboxylic acids is 2. The standard InChI is InChI=1S/C13H11N3O4/c1-7-14-11(20-15-7)6-16-10-4-3-8(19-2)5-9(10)12(17)13(16)18/h3-5H,6H2,1-2H3. The number of amides is 1. The molecule has 2 aromatic rings. The monoisotopic (exact) mass is 273 g/mol. The van der Waals surface area contributed by atoms with Crippen molar-refractivity contribution in [3.63, 3.8) is 0 Å². The van der Waals surface area contributed by atoms with Crippen LogP contribution in [-0.2, 0) is 11.3 Å². The fourth-order valence-electron chi connectivity index (χ4n) is 2.10. The van der Waals surface area contributed by atoms with Gasteiger partial charge in [0.25, 0.3) is 11.7 Å². The molecule has 7 nitrogen and oxygen atoms in total. The predicted molar refractivity (Wildman–Crippen MR) is 67.5 cm³/mol. The molecular formula is C13H11N3O4. The summed E-state index contributed by atoms with van der Waals surface area (Å²) in [5.41, 5.74) is 0.849. The van der Waals surface area contributed by atoms with Gasteiger partial charge in [0.15, 0.2) is 5.82 Å². The van der Waals surface area contributed by atoms with Crippen molar-refractivity contribution < 1.29 is 18.8 Å². The lowest BCUT2D eigenvalue weighted by molar-refractivity contribution is -0.114. The normalized spacial score (nSPS) is 13.8. The van der Waals surface area contributed by atoms with Gasteiger partial charge in [-0.05, 0) is 25.1 Å². The fourth-order valence-corrected chi connectivity index (χ4v) is 2.10. The van der Waals surface area contributed by atoms with E-state index in [4.69, 9.17) is 9.26 Å². The fraction of sp³-hybridized carbons (Fsp3) is 0.231. The highest BCUT2D eigenvalue weighted by Crippen LogP contribution is 2.32. The topological polar surface area (TPSA) is 85.5 Å². The number of fused-ring (bicyclic) bond motifs is 1. The number of Topliss-reactive ketones (excluding diaryl/α,β-unsaturated/α-hetero) is 1. The largest absolute Gasteiger partial charge is 0.497 e. The van der Waals surface area contributed by atoms with Crippen molar-refractivity contribution in [1.82, 2.24) is 10.1 Å². The molecule has 0 saturated carbocycles. The molecule has 1 aromatic carbocycles. The zero-order valence-electron chi connectivity index (χ0n) is 10.9. The number of methoxy groups -OCH3 is 1. The van der Waals surface area contributed by atoms with Crippen molar-refractivity contribution in [2.45, 2.75) is 13.5 Å². The maximum absolute atomic E-state index is 12.0. The second kappa shape index (κ2) is 4.44. The Morgan fingerprint density at radius 3 is 2.80 bits per heavy atom. The molecule has 1 amide bonds. The van der Waals surface area contributed by atoms with Gasteiger partial charge in [0, 0.05) is 0 Å². The highest BCUT2D eigenvalue weighted by molar-refractivity contribution is 6.52. The van der Waals surface area contributed by atoms with Crippen molar-refractivity contribution in [3.05, 3.63) is 35.5 Å². The zero-order valence-corrected chi connectivity index (χ0v) is 10.9. The summed E-state index contributed by atoms with van der Waals surface area (Å²) in [5.74, 6) is 0.125. The Bertz CT molecular complexity index is 707. The Morgan fingerprint density at radius 2 is 2.15 bits per heavy atom. The summed E-state index contributed by atoms with van der Waals surface area (Å²) in [6, 6.07) is 4.91. The maximum Gasteiger partial charge on any atom is 0.299 e. The van der Waals surface area contributed by atoms with E-state index in [9.17, 15) is 9.59 Å². The Hall–Kier alpha value is -2.70. The number of hydrogen-bond acceptors (Lipinski definition) is 6. The SMILES string of the molecule is COc1ccc2c(c1)C(=O)C(=O)N2Cc1nc(C)no1. The van der Waals surface area contributed by atoms with E-state index >= 15 is 0 Å². The molecule has 102 valence electrons. The highest BCUT2D eigenvalue weighted by atomic mass is 16.5. The van der Waals surface area contributed by atoms with E-state index in [0.29, 0.717) is 22.8 Å². The number of aryl methyl sites for hydroxylation is 1. The van der Waals surface area contributed by atoms with Crippen molar-refractivity contribution in [3.8, 4) is 5.75 Å². The minimum Gasteiger partial charge on any atom is -0.497 e. The number of rotatable bonds is 3. The van der Waals surface area contributed by atoms with Crippen LogP contribution in [0, 0.1) is 6.92 Å². The van der Waals surface area contributed by atoms with Crippen molar-refractivity contribution in [1.29, 1.82) is 0 Å². The molecule has 0 radical (unpaired) electrons. The van der Waals surface area contributed by atoms with Crippen LogP contribution in [0.25, 0.3) is 0 Å². The quantitative estimate of drug-likeness (QED) is 0.779. The van der Waals surface area contributed by atoms with Gasteiger partial charge in [0.05, 0.1) is 18.4 Å².